The van der Waals surface area contributed by atoms with Crippen LogP contribution >= 0.6 is 11.6 Å². The fourth-order valence-electron chi connectivity index (χ4n) is 2.97. The number of carbonyl (C=O) groups is 1. The molecular weight excluding hydrogens is 465 g/mol. The van der Waals surface area contributed by atoms with Crippen LogP contribution in [0.2, 0.25) is 5.02 Å². The summed E-state index contributed by atoms with van der Waals surface area (Å²) < 4.78 is 67.0. The first kappa shape index (κ1) is 23.7. The summed E-state index contributed by atoms with van der Waals surface area (Å²) in [5.74, 6) is -0.484. The van der Waals surface area contributed by atoms with E-state index in [2.05, 4.69) is 4.98 Å². The summed E-state index contributed by atoms with van der Waals surface area (Å²) in [7, 11) is -4.37. The molecule has 0 aliphatic heterocycles. The van der Waals surface area contributed by atoms with E-state index in [1.807, 2.05) is 0 Å². The van der Waals surface area contributed by atoms with Gasteiger partial charge in [-0.3, -0.25) is 14.1 Å². The van der Waals surface area contributed by atoms with Crippen LogP contribution < -0.4 is 4.31 Å². The number of nitrogens with zero attached hydrogens (tertiary/aromatic N) is 2. The molecule has 1 heterocycles. The maximum atomic E-state index is 13.3. The van der Waals surface area contributed by atoms with Crippen molar-refractivity contribution < 1.29 is 26.4 Å². The molecule has 3 aromatic rings. The van der Waals surface area contributed by atoms with Crippen LogP contribution in [-0.4, -0.2) is 25.7 Å². The predicted octanol–water partition coefficient (Wildman–Crippen LogP) is 5.15. The van der Waals surface area contributed by atoms with Crippen molar-refractivity contribution in [3.05, 3.63) is 89.2 Å². The number of halogens is 4. The van der Waals surface area contributed by atoms with E-state index in [0.29, 0.717) is 16.8 Å². The second-order valence-corrected chi connectivity index (χ2v) is 9.16. The Bertz CT molecular complexity index is 1190. The van der Waals surface area contributed by atoms with Crippen LogP contribution in [0.4, 0.5) is 18.9 Å². The standard InChI is InChI=1S/C22H18ClF3N2O3S/c23-20-11-9-17(22(24,25)26)13-21(20)28(32(30,31)19-6-2-1-3-7-19)15-18(29)10-8-16-5-4-12-27-14-16/h1-7,9,11-14H,8,10,15H2. The molecule has 0 fully saturated rings. The largest absolute Gasteiger partial charge is 0.416 e. The summed E-state index contributed by atoms with van der Waals surface area (Å²) in [6.45, 7) is -0.668. The Balaban J connectivity index is 1.98. The SMILES string of the molecule is O=C(CCc1cccnc1)CN(c1cc(C(F)(F)F)ccc1Cl)S(=O)(=O)c1ccccc1. The minimum Gasteiger partial charge on any atom is -0.298 e. The Hall–Kier alpha value is -2.91. The summed E-state index contributed by atoms with van der Waals surface area (Å²) in [5.41, 5.74) is -0.719. The maximum Gasteiger partial charge on any atom is 0.416 e. The molecule has 0 unspecified atom stereocenters. The van der Waals surface area contributed by atoms with Crippen LogP contribution in [0.1, 0.15) is 17.5 Å². The number of Topliss-reactive ketones (excluding diaryl/α,β-unsaturated/α-hetero) is 1. The molecule has 0 spiro atoms. The quantitative estimate of drug-likeness (QED) is 0.445. The number of hydrogen-bond donors (Lipinski definition) is 0. The van der Waals surface area contributed by atoms with Gasteiger partial charge >= 0.3 is 6.18 Å². The number of alkyl halides is 3. The number of anilines is 1. The molecule has 0 saturated carbocycles. The van der Waals surface area contributed by atoms with E-state index in [1.165, 1.54) is 24.3 Å². The van der Waals surface area contributed by atoms with Crippen molar-refractivity contribution in [2.24, 2.45) is 0 Å². The van der Waals surface area contributed by atoms with Crippen molar-refractivity contribution in [2.75, 3.05) is 10.8 Å². The maximum absolute atomic E-state index is 13.3. The lowest BCUT2D eigenvalue weighted by Gasteiger charge is -2.25. The first-order chi connectivity index (χ1) is 15.1. The minimum absolute atomic E-state index is 0.0247. The fraction of sp³-hybridized carbons (Fsp3) is 0.182. The van der Waals surface area contributed by atoms with Crippen molar-refractivity contribution >= 4 is 33.1 Å². The Labute approximate surface area is 188 Å². The second-order valence-electron chi connectivity index (χ2n) is 6.89. The van der Waals surface area contributed by atoms with Gasteiger partial charge in [-0.05, 0) is 48.4 Å². The van der Waals surface area contributed by atoms with E-state index in [1.54, 1.807) is 30.6 Å². The highest BCUT2D eigenvalue weighted by Crippen LogP contribution is 2.37. The molecule has 168 valence electrons. The molecule has 0 amide bonds. The number of rotatable bonds is 8. The molecule has 0 aliphatic rings. The number of aromatic nitrogens is 1. The molecule has 2 aromatic carbocycles. The lowest BCUT2D eigenvalue weighted by atomic mass is 10.1. The van der Waals surface area contributed by atoms with Gasteiger partial charge in [-0.1, -0.05) is 35.9 Å². The third kappa shape index (κ3) is 5.66. The highest BCUT2D eigenvalue weighted by Gasteiger charge is 2.34. The van der Waals surface area contributed by atoms with Crippen LogP contribution in [0.3, 0.4) is 0 Å². The number of pyridine rings is 1. The van der Waals surface area contributed by atoms with Crippen LogP contribution in [0.15, 0.2) is 78.0 Å². The van der Waals surface area contributed by atoms with Crippen LogP contribution in [0.5, 0.6) is 0 Å². The first-order valence-electron chi connectivity index (χ1n) is 9.44. The van der Waals surface area contributed by atoms with E-state index in [4.69, 9.17) is 11.6 Å². The van der Waals surface area contributed by atoms with E-state index in [9.17, 15) is 26.4 Å². The number of sulfonamides is 1. The molecule has 0 radical (unpaired) electrons. The molecule has 1 aromatic heterocycles. The molecule has 5 nitrogen and oxygen atoms in total. The third-order valence-corrected chi connectivity index (χ3v) is 6.70. The van der Waals surface area contributed by atoms with Gasteiger partial charge in [-0.25, -0.2) is 8.42 Å². The first-order valence-corrected chi connectivity index (χ1v) is 11.3. The summed E-state index contributed by atoms with van der Waals surface area (Å²) in [4.78, 5) is 16.5. The number of carbonyl (C=O) groups excluding carboxylic acids is 1. The lowest BCUT2D eigenvalue weighted by molar-refractivity contribution is -0.137. The Kier molecular flexibility index (Phi) is 7.20. The van der Waals surface area contributed by atoms with E-state index in [0.717, 1.165) is 17.7 Å². The normalized spacial score (nSPS) is 11.9. The Morgan fingerprint density at radius 3 is 2.38 bits per heavy atom. The highest BCUT2D eigenvalue weighted by molar-refractivity contribution is 7.92. The van der Waals surface area contributed by atoms with Crippen molar-refractivity contribution in [3.8, 4) is 0 Å². The van der Waals surface area contributed by atoms with Crippen LogP contribution in [0.25, 0.3) is 0 Å². The average Bonchev–Trinajstić information content (AvgIpc) is 2.77. The van der Waals surface area contributed by atoms with E-state index in [-0.39, 0.29) is 16.3 Å². The Morgan fingerprint density at radius 1 is 1.03 bits per heavy atom. The zero-order chi connectivity index (χ0) is 23.4. The van der Waals surface area contributed by atoms with Crippen LogP contribution in [-0.2, 0) is 27.4 Å². The van der Waals surface area contributed by atoms with Crippen molar-refractivity contribution in [1.82, 2.24) is 4.98 Å². The molecular formula is C22H18ClF3N2O3S. The third-order valence-electron chi connectivity index (χ3n) is 4.61. The molecule has 3 rings (SSSR count). The summed E-state index contributed by atoms with van der Waals surface area (Å²) in [5, 5.41) is -0.224. The second kappa shape index (κ2) is 9.70. The summed E-state index contributed by atoms with van der Waals surface area (Å²) in [6, 6.07) is 13.0. The van der Waals surface area contributed by atoms with Gasteiger partial charge in [0.15, 0.2) is 5.78 Å². The smallest absolute Gasteiger partial charge is 0.298 e. The zero-order valence-corrected chi connectivity index (χ0v) is 18.2. The number of benzene rings is 2. The molecule has 0 aliphatic carbocycles. The van der Waals surface area contributed by atoms with Gasteiger partial charge in [0.2, 0.25) is 0 Å². The zero-order valence-electron chi connectivity index (χ0n) is 16.6. The van der Waals surface area contributed by atoms with Gasteiger partial charge in [0.25, 0.3) is 10.0 Å². The number of aryl methyl sites for hydroxylation is 1. The number of ketones is 1. The summed E-state index contributed by atoms with van der Waals surface area (Å²) >= 11 is 6.10. The monoisotopic (exact) mass is 482 g/mol. The Morgan fingerprint density at radius 2 is 1.75 bits per heavy atom. The molecule has 0 N–H and O–H groups in total. The van der Waals surface area contributed by atoms with E-state index < -0.39 is 39.8 Å². The average molecular weight is 483 g/mol. The van der Waals surface area contributed by atoms with Gasteiger partial charge in [-0.15, -0.1) is 0 Å². The van der Waals surface area contributed by atoms with Gasteiger partial charge in [0.1, 0.15) is 0 Å². The van der Waals surface area contributed by atoms with Crippen LogP contribution in [0, 0.1) is 0 Å². The van der Waals surface area contributed by atoms with Crippen molar-refractivity contribution in [3.63, 3.8) is 0 Å². The minimum atomic E-state index is -4.72. The molecule has 0 saturated heterocycles. The predicted molar refractivity (Wildman–Crippen MR) is 115 cm³/mol. The molecule has 32 heavy (non-hydrogen) atoms. The summed E-state index contributed by atoms with van der Waals surface area (Å²) in [6.07, 6.45) is -1.28. The van der Waals surface area contributed by atoms with Crippen molar-refractivity contribution in [2.45, 2.75) is 23.9 Å². The molecule has 0 bridgehead atoms. The van der Waals surface area contributed by atoms with Gasteiger partial charge in [0.05, 0.1) is 27.7 Å². The highest BCUT2D eigenvalue weighted by atomic mass is 35.5. The molecule has 0 atom stereocenters. The van der Waals surface area contributed by atoms with E-state index >= 15 is 0 Å². The number of hydrogen-bond acceptors (Lipinski definition) is 4. The van der Waals surface area contributed by atoms with Gasteiger partial charge < -0.3 is 0 Å². The topological polar surface area (TPSA) is 67.3 Å². The van der Waals surface area contributed by atoms with Crippen molar-refractivity contribution in [1.29, 1.82) is 0 Å². The molecule has 10 heteroatoms. The fourth-order valence-corrected chi connectivity index (χ4v) is 4.72. The lowest BCUT2D eigenvalue weighted by Crippen LogP contribution is -2.36. The van der Waals surface area contributed by atoms with Gasteiger partial charge in [-0.2, -0.15) is 13.2 Å². The van der Waals surface area contributed by atoms with Gasteiger partial charge in [0, 0.05) is 18.8 Å².